The molecule has 0 radical (unpaired) electrons. The lowest BCUT2D eigenvalue weighted by Crippen LogP contribution is -2.68. The van der Waals surface area contributed by atoms with Gasteiger partial charge in [-0.3, -0.25) is 9.59 Å². The Morgan fingerprint density at radius 2 is 1.88 bits per heavy atom. The van der Waals surface area contributed by atoms with Gasteiger partial charge in [0.1, 0.15) is 17.5 Å². The highest BCUT2D eigenvalue weighted by Gasteiger charge is 2.68. The van der Waals surface area contributed by atoms with E-state index in [0.717, 1.165) is 0 Å². The molecule has 4 N–H and O–H groups in total. The fraction of sp³-hybridized carbons (Fsp3) is 0.474. The lowest BCUT2D eigenvalue weighted by Gasteiger charge is -2.53. The number of carbonyl (C=O) groups excluding carboxylic acids is 2. The van der Waals surface area contributed by atoms with Crippen LogP contribution in [0, 0.1) is 5.92 Å². The van der Waals surface area contributed by atoms with Gasteiger partial charge in [0.05, 0.1) is 0 Å². The predicted molar refractivity (Wildman–Crippen MR) is 87.0 cm³/mol. The summed E-state index contributed by atoms with van der Waals surface area (Å²) in [6.45, 7) is 1.93. The second-order valence-electron chi connectivity index (χ2n) is 7.52. The van der Waals surface area contributed by atoms with Crippen LogP contribution < -0.4 is 0 Å². The van der Waals surface area contributed by atoms with Gasteiger partial charge in [-0.15, -0.1) is 0 Å². The Morgan fingerprint density at radius 1 is 1.16 bits per heavy atom. The molecule has 6 nitrogen and oxygen atoms in total. The van der Waals surface area contributed by atoms with Crippen molar-refractivity contribution in [2.45, 2.75) is 49.9 Å². The van der Waals surface area contributed by atoms with E-state index in [9.17, 15) is 30.0 Å². The van der Waals surface area contributed by atoms with Gasteiger partial charge in [-0.25, -0.2) is 0 Å². The number of Topliss-reactive ketones (excluding diaryl/α,β-unsaturated/α-hetero) is 2. The van der Waals surface area contributed by atoms with Gasteiger partial charge in [0.2, 0.25) is 5.78 Å². The van der Waals surface area contributed by atoms with Gasteiger partial charge in [0, 0.05) is 23.1 Å². The monoisotopic (exact) mass is 344 g/mol. The summed E-state index contributed by atoms with van der Waals surface area (Å²) in [4.78, 5) is 25.8. The van der Waals surface area contributed by atoms with Crippen molar-refractivity contribution in [2.24, 2.45) is 5.92 Å². The fourth-order valence-electron chi connectivity index (χ4n) is 4.75. The molecule has 0 saturated heterocycles. The van der Waals surface area contributed by atoms with E-state index in [-0.39, 0.29) is 47.0 Å². The van der Waals surface area contributed by atoms with Crippen LogP contribution in [0.3, 0.4) is 0 Å². The maximum absolute atomic E-state index is 13.1. The van der Waals surface area contributed by atoms with E-state index in [2.05, 4.69) is 0 Å². The molecule has 0 saturated carbocycles. The number of benzene rings is 1. The molecule has 132 valence electrons. The summed E-state index contributed by atoms with van der Waals surface area (Å²) in [5.41, 5.74) is -4.28. The van der Waals surface area contributed by atoms with Gasteiger partial charge in [0.25, 0.3) is 0 Å². The van der Waals surface area contributed by atoms with Gasteiger partial charge < -0.3 is 20.4 Å². The minimum absolute atomic E-state index is 0.0580. The first-order valence-electron chi connectivity index (χ1n) is 8.47. The first-order chi connectivity index (χ1) is 11.7. The number of allylic oxidation sites excluding steroid dienone is 1. The van der Waals surface area contributed by atoms with Crippen LogP contribution in [0.1, 0.15) is 54.6 Å². The third-order valence-electron chi connectivity index (χ3n) is 5.94. The van der Waals surface area contributed by atoms with Crippen LogP contribution in [0.2, 0.25) is 0 Å². The zero-order valence-electron chi connectivity index (χ0n) is 13.8. The van der Waals surface area contributed by atoms with Crippen LogP contribution in [-0.4, -0.2) is 43.2 Å². The second kappa shape index (κ2) is 5.00. The van der Waals surface area contributed by atoms with Crippen LogP contribution in [0.15, 0.2) is 29.3 Å². The third kappa shape index (κ3) is 1.84. The van der Waals surface area contributed by atoms with Gasteiger partial charge in [-0.05, 0) is 31.2 Å². The van der Waals surface area contributed by atoms with Crippen molar-refractivity contribution < 1.29 is 30.0 Å². The largest absolute Gasteiger partial charge is 0.508 e. The Balaban J connectivity index is 2.01. The number of hydrogen-bond donors (Lipinski definition) is 4. The quantitative estimate of drug-likeness (QED) is 0.562. The van der Waals surface area contributed by atoms with E-state index < -0.39 is 23.1 Å². The number of aliphatic hydroxyl groups excluding tert-OH is 1. The molecule has 1 aromatic rings. The van der Waals surface area contributed by atoms with Gasteiger partial charge >= 0.3 is 0 Å². The summed E-state index contributed by atoms with van der Waals surface area (Å²) >= 11 is 0. The number of aromatic hydroxyl groups is 1. The highest BCUT2D eigenvalue weighted by Crippen LogP contribution is 2.56. The Bertz CT molecular complexity index is 840. The highest BCUT2D eigenvalue weighted by molar-refractivity contribution is 6.16. The van der Waals surface area contributed by atoms with Crippen molar-refractivity contribution in [3.05, 3.63) is 40.5 Å². The number of hydrogen-bond acceptors (Lipinski definition) is 6. The average Bonchev–Trinajstić information content (AvgIpc) is 2.55. The Hall–Kier alpha value is -2.02. The molecule has 0 aliphatic heterocycles. The summed E-state index contributed by atoms with van der Waals surface area (Å²) < 4.78 is 0. The van der Waals surface area contributed by atoms with Crippen LogP contribution in [0.4, 0.5) is 0 Å². The topological polar surface area (TPSA) is 115 Å². The second-order valence-corrected chi connectivity index (χ2v) is 7.52. The van der Waals surface area contributed by atoms with Crippen molar-refractivity contribution in [3.8, 4) is 5.75 Å². The van der Waals surface area contributed by atoms with Crippen LogP contribution in [0.25, 0.3) is 0 Å². The standard InChI is InChI=1S/C19H20O6/c1-9-7-10-5-6-18(24)17(23)14-11(3-2-4-12(14)20)16(22)19(18,25)15(10)13(21)8-9/h2-4,9,17,20,23-25H,5-8H2,1H3/t9-,17-,18-,19+/m0/s1. The van der Waals surface area contributed by atoms with Gasteiger partial charge in [0.15, 0.2) is 11.4 Å². The average molecular weight is 344 g/mol. The molecule has 0 fully saturated rings. The van der Waals surface area contributed by atoms with Crippen LogP contribution >= 0.6 is 0 Å². The molecule has 0 amide bonds. The molecule has 0 aromatic heterocycles. The van der Waals surface area contributed by atoms with Crippen molar-refractivity contribution in [1.82, 2.24) is 0 Å². The molecular weight excluding hydrogens is 324 g/mol. The first kappa shape index (κ1) is 16.4. The minimum atomic E-state index is -2.49. The molecule has 25 heavy (non-hydrogen) atoms. The number of ketones is 2. The molecule has 0 spiro atoms. The van der Waals surface area contributed by atoms with Gasteiger partial charge in [-0.2, -0.15) is 0 Å². The lowest BCUT2D eigenvalue weighted by atomic mass is 9.55. The summed E-state index contributed by atoms with van der Waals surface area (Å²) in [6, 6.07) is 4.11. The van der Waals surface area contributed by atoms with Crippen LogP contribution in [0.5, 0.6) is 5.75 Å². The third-order valence-corrected chi connectivity index (χ3v) is 5.94. The van der Waals surface area contributed by atoms with Crippen molar-refractivity contribution >= 4 is 11.6 Å². The normalized spacial score (nSPS) is 37.4. The SMILES string of the molecule is C[C@@H]1CC(=O)C2=C(CC[C@]3(O)[C@@H](O)c4c(O)cccc4C(=O)[C@]23O)C1. The van der Waals surface area contributed by atoms with E-state index in [0.29, 0.717) is 18.4 Å². The predicted octanol–water partition coefficient (Wildman–Crippen LogP) is 1.17. The number of carbonyl (C=O) groups is 2. The molecule has 0 heterocycles. The smallest absolute Gasteiger partial charge is 0.202 e. The zero-order chi connectivity index (χ0) is 18.1. The van der Waals surface area contributed by atoms with Gasteiger partial charge in [-0.1, -0.05) is 24.6 Å². The molecule has 1 aromatic carbocycles. The summed E-state index contributed by atoms with van der Waals surface area (Å²) in [5, 5.41) is 43.3. The zero-order valence-corrected chi connectivity index (χ0v) is 13.8. The van der Waals surface area contributed by atoms with Crippen molar-refractivity contribution in [2.75, 3.05) is 0 Å². The Morgan fingerprint density at radius 3 is 2.60 bits per heavy atom. The number of fused-ring (bicyclic) bond motifs is 3. The van der Waals surface area contributed by atoms with E-state index in [1.807, 2.05) is 6.92 Å². The maximum Gasteiger partial charge on any atom is 0.202 e. The molecule has 0 bridgehead atoms. The van der Waals surface area contributed by atoms with Crippen molar-refractivity contribution in [1.29, 1.82) is 0 Å². The number of aliphatic hydroxyl groups is 3. The van der Waals surface area contributed by atoms with Crippen LogP contribution in [-0.2, 0) is 4.79 Å². The molecule has 4 rings (SSSR count). The highest BCUT2D eigenvalue weighted by atomic mass is 16.4. The minimum Gasteiger partial charge on any atom is -0.508 e. The first-order valence-corrected chi connectivity index (χ1v) is 8.47. The summed E-state index contributed by atoms with van der Waals surface area (Å²) in [6.07, 6.45) is -0.656. The summed E-state index contributed by atoms with van der Waals surface area (Å²) in [5.74, 6) is -1.42. The number of rotatable bonds is 0. The Kier molecular flexibility index (Phi) is 3.29. The molecular formula is C19H20O6. The molecule has 3 aliphatic carbocycles. The molecule has 4 atom stereocenters. The van der Waals surface area contributed by atoms with Crippen molar-refractivity contribution in [3.63, 3.8) is 0 Å². The summed E-state index contributed by atoms with van der Waals surface area (Å²) in [7, 11) is 0. The number of phenols is 1. The Labute approximate surface area is 144 Å². The van der Waals surface area contributed by atoms with E-state index in [1.54, 1.807) is 0 Å². The van der Waals surface area contributed by atoms with E-state index >= 15 is 0 Å². The van der Waals surface area contributed by atoms with E-state index in [4.69, 9.17) is 0 Å². The fourth-order valence-corrected chi connectivity index (χ4v) is 4.75. The molecule has 0 unspecified atom stereocenters. The molecule has 3 aliphatic rings. The molecule has 6 heteroatoms. The van der Waals surface area contributed by atoms with E-state index in [1.165, 1.54) is 18.2 Å². The lowest BCUT2D eigenvalue weighted by molar-refractivity contribution is -0.184. The maximum atomic E-state index is 13.1. The number of phenolic OH excluding ortho intramolecular Hbond substituents is 1.